The van der Waals surface area contributed by atoms with Crippen molar-refractivity contribution in [3.63, 3.8) is 0 Å². The lowest BCUT2D eigenvalue weighted by atomic mass is 9.88. The zero-order valence-electron chi connectivity index (χ0n) is 6.82. The second-order valence-electron chi connectivity index (χ2n) is 3.50. The molecule has 0 aromatic heterocycles. The van der Waals surface area contributed by atoms with Gasteiger partial charge in [-0.3, -0.25) is 0 Å². The number of hydrogen-bond donors (Lipinski definition) is 0. The molecule has 0 aromatic carbocycles. The quantitative estimate of drug-likeness (QED) is 0.523. The van der Waals surface area contributed by atoms with Gasteiger partial charge in [0.05, 0.1) is 6.42 Å². The van der Waals surface area contributed by atoms with Crippen LogP contribution in [0.5, 0.6) is 0 Å². The summed E-state index contributed by atoms with van der Waals surface area (Å²) in [6.45, 7) is 12.3. The number of nitrogens with zero attached hydrogens (tertiary/aromatic N) is 1. The van der Waals surface area contributed by atoms with Gasteiger partial charge >= 0.3 is 0 Å². The first-order valence-electron chi connectivity index (χ1n) is 3.45. The van der Waals surface area contributed by atoms with Gasteiger partial charge in [-0.1, -0.05) is 20.8 Å². The van der Waals surface area contributed by atoms with Crippen LogP contribution < -0.4 is 0 Å². The van der Waals surface area contributed by atoms with Gasteiger partial charge in [-0.25, -0.2) is 11.0 Å². The fourth-order valence-corrected chi connectivity index (χ4v) is 0.611. The largest absolute Gasteiger partial charge is 0.317 e. The highest BCUT2D eigenvalue weighted by Crippen LogP contribution is 2.24. The summed E-state index contributed by atoms with van der Waals surface area (Å²) < 4.78 is 13.0. The lowest BCUT2D eigenvalue weighted by molar-refractivity contribution is 0.157. The van der Waals surface area contributed by atoms with Crippen LogP contribution in [0.3, 0.4) is 0 Å². The molecule has 0 N–H and O–H groups in total. The molecule has 0 aliphatic heterocycles. The highest BCUT2D eigenvalue weighted by Gasteiger charge is 2.24. The molecule has 0 radical (unpaired) electrons. The molecule has 0 saturated carbocycles. The van der Waals surface area contributed by atoms with Gasteiger partial charge in [-0.05, 0) is 5.41 Å². The van der Waals surface area contributed by atoms with E-state index in [1.54, 1.807) is 0 Å². The fourth-order valence-electron chi connectivity index (χ4n) is 0.611. The van der Waals surface area contributed by atoms with Crippen LogP contribution in [0.2, 0.25) is 0 Å². The van der Waals surface area contributed by atoms with E-state index in [9.17, 15) is 4.39 Å². The molecule has 2 heteroatoms. The summed E-state index contributed by atoms with van der Waals surface area (Å²) in [5, 5.41) is 0. The van der Waals surface area contributed by atoms with Crippen LogP contribution in [0.4, 0.5) is 4.39 Å². The van der Waals surface area contributed by atoms with E-state index in [0.717, 1.165) is 0 Å². The Morgan fingerprint density at radius 3 is 2.30 bits per heavy atom. The van der Waals surface area contributed by atoms with Crippen LogP contribution in [-0.4, -0.2) is 12.7 Å². The van der Waals surface area contributed by atoms with E-state index < -0.39 is 6.17 Å². The fraction of sp³-hybridized carbons (Fsp3) is 0.875. The van der Waals surface area contributed by atoms with Crippen molar-refractivity contribution in [2.45, 2.75) is 33.4 Å². The van der Waals surface area contributed by atoms with Gasteiger partial charge in [0.15, 0.2) is 0 Å². The first-order chi connectivity index (χ1) is 4.48. The molecule has 0 fully saturated rings. The zero-order chi connectivity index (χ0) is 8.20. The van der Waals surface area contributed by atoms with Crippen LogP contribution in [0.15, 0.2) is 0 Å². The van der Waals surface area contributed by atoms with Gasteiger partial charge in [0.2, 0.25) is 6.54 Å². The minimum Gasteiger partial charge on any atom is -0.317 e. The standard InChI is InChI=1S/C8H14FN/c1-8(2,3)7(9)5-6-10-4/h7H,5-6H2,1-3H3. The molecule has 0 aliphatic rings. The summed E-state index contributed by atoms with van der Waals surface area (Å²) in [7, 11) is 0. The topological polar surface area (TPSA) is 4.36 Å². The van der Waals surface area contributed by atoms with Gasteiger partial charge in [0.1, 0.15) is 6.17 Å². The van der Waals surface area contributed by atoms with E-state index in [1.165, 1.54) is 0 Å². The highest BCUT2D eigenvalue weighted by atomic mass is 19.1. The molecule has 0 saturated heterocycles. The Hall–Kier alpha value is -0.580. The van der Waals surface area contributed by atoms with E-state index >= 15 is 0 Å². The summed E-state index contributed by atoms with van der Waals surface area (Å²) in [5.74, 6) is 0. The average Bonchev–Trinajstić information content (AvgIpc) is 1.80. The van der Waals surface area contributed by atoms with Crippen LogP contribution in [0.25, 0.3) is 4.85 Å². The number of alkyl halides is 1. The molecule has 0 rings (SSSR count). The van der Waals surface area contributed by atoms with Gasteiger partial charge in [-0.2, -0.15) is 0 Å². The van der Waals surface area contributed by atoms with E-state index in [1.807, 2.05) is 20.8 Å². The first kappa shape index (κ1) is 9.42. The Bertz CT molecular complexity index is 129. The lowest BCUT2D eigenvalue weighted by Gasteiger charge is -2.21. The highest BCUT2D eigenvalue weighted by molar-refractivity contribution is 4.76. The van der Waals surface area contributed by atoms with Gasteiger partial charge < -0.3 is 4.85 Å². The van der Waals surface area contributed by atoms with E-state index in [4.69, 9.17) is 6.57 Å². The van der Waals surface area contributed by atoms with Crippen LogP contribution in [0, 0.1) is 12.0 Å². The molecule has 1 unspecified atom stereocenters. The predicted molar refractivity (Wildman–Crippen MR) is 40.4 cm³/mol. The van der Waals surface area contributed by atoms with Gasteiger partial charge in [0, 0.05) is 0 Å². The maximum Gasteiger partial charge on any atom is 0.217 e. The summed E-state index contributed by atoms with van der Waals surface area (Å²) in [4.78, 5) is 3.10. The predicted octanol–water partition coefficient (Wildman–Crippen LogP) is 2.68. The van der Waals surface area contributed by atoms with Crippen molar-refractivity contribution in [3.05, 3.63) is 11.4 Å². The van der Waals surface area contributed by atoms with Crippen molar-refractivity contribution in [1.29, 1.82) is 0 Å². The number of rotatable bonds is 2. The van der Waals surface area contributed by atoms with Crippen molar-refractivity contribution >= 4 is 0 Å². The summed E-state index contributed by atoms with van der Waals surface area (Å²) in [5.41, 5.74) is -0.301. The van der Waals surface area contributed by atoms with Crippen LogP contribution >= 0.6 is 0 Å². The molecule has 0 aliphatic carbocycles. The molecule has 10 heavy (non-hydrogen) atoms. The molecular formula is C8H14FN. The van der Waals surface area contributed by atoms with Crippen molar-refractivity contribution in [2.24, 2.45) is 5.41 Å². The second kappa shape index (κ2) is 3.55. The average molecular weight is 143 g/mol. The van der Waals surface area contributed by atoms with Crippen LogP contribution in [-0.2, 0) is 0 Å². The Balaban J connectivity index is 3.65. The summed E-state index contributed by atoms with van der Waals surface area (Å²) in [6, 6.07) is 0. The Morgan fingerprint density at radius 2 is 2.00 bits per heavy atom. The maximum absolute atomic E-state index is 13.0. The molecule has 0 aromatic rings. The minimum absolute atomic E-state index is 0.301. The maximum atomic E-state index is 13.0. The molecule has 0 amide bonds. The third-order valence-electron chi connectivity index (χ3n) is 1.43. The molecule has 58 valence electrons. The summed E-state index contributed by atoms with van der Waals surface area (Å²) in [6.07, 6.45) is -0.478. The number of hydrogen-bond acceptors (Lipinski definition) is 0. The Kier molecular flexibility index (Phi) is 3.35. The summed E-state index contributed by atoms with van der Waals surface area (Å²) >= 11 is 0. The molecule has 1 nitrogen and oxygen atoms in total. The Morgan fingerprint density at radius 1 is 1.50 bits per heavy atom. The van der Waals surface area contributed by atoms with Crippen LogP contribution in [0.1, 0.15) is 27.2 Å². The molecule has 0 bridgehead atoms. The molecular weight excluding hydrogens is 129 g/mol. The molecule has 0 heterocycles. The molecule has 1 atom stereocenters. The number of halogens is 1. The SMILES string of the molecule is [C-]#[N+]CCC(F)C(C)(C)C. The monoisotopic (exact) mass is 143 g/mol. The van der Waals surface area contributed by atoms with Gasteiger partial charge in [0.25, 0.3) is 0 Å². The Labute approximate surface area is 62.1 Å². The van der Waals surface area contributed by atoms with E-state index in [0.29, 0.717) is 13.0 Å². The zero-order valence-corrected chi connectivity index (χ0v) is 6.82. The third kappa shape index (κ3) is 3.45. The van der Waals surface area contributed by atoms with Gasteiger partial charge in [-0.15, -0.1) is 0 Å². The lowest BCUT2D eigenvalue weighted by Crippen LogP contribution is -2.22. The van der Waals surface area contributed by atoms with E-state index in [2.05, 4.69) is 4.85 Å². The molecule has 0 spiro atoms. The minimum atomic E-state index is -0.846. The normalized spacial score (nSPS) is 14.3. The van der Waals surface area contributed by atoms with Crippen molar-refractivity contribution in [1.82, 2.24) is 0 Å². The second-order valence-corrected chi connectivity index (χ2v) is 3.50. The van der Waals surface area contributed by atoms with E-state index in [-0.39, 0.29) is 5.41 Å². The van der Waals surface area contributed by atoms with Crippen molar-refractivity contribution in [2.75, 3.05) is 6.54 Å². The van der Waals surface area contributed by atoms with Crippen molar-refractivity contribution in [3.8, 4) is 0 Å². The first-order valence-corrected chi connectivity index (χ1v) is 3.45. The van der Waals surface area contributed by atoms with Crippen molar-refractivity contribution < 1.29 is 4.39 Å². The third-order valence-corrected chi connectivity index (χ3v) is 1.43. The smallest absolute Gasteiger partial charge is 0.217 e.